The van der Waals surface area contributed by atoms with E-state index in [-0.39, 0.29) is 0 Å². The number of hydrogen-bond acceptors (Lipinski definition) is 5. The minimum absolute atomic E-state index is 0.599. The van der Waals surface area contributed by atoms with Crippen LogP contribution in [0.5, 0.6) is 0 Å². The molecule has 0 aliphatic rings. The maximum absolute atomic E-state index is 5.48. The van der Waals surface area contributed by atoms with E-state index in [1.807, 2.05) is 38.6 Å². The Kier molecular flexibility index (Phi) is 5.09. The summed E-state index contributed by atoms with van der Waals surface area (Å²) in [5.74, 6) is 0. The highest BCUT2D eigenvalue weighted by Gasteiger charge is 2.02. The van der Waals surface area contributed by atoms with Crippen molar-refractivity contribution in [3.05, 3.63) is 42.4 Å². The Balaban J connectivity index is 2.36. The van der Waals surface area contributed by atoms with Crippen LogP contribution in [-0.4, -0.2) is 27.9 Å². The fourth-order valence-corrected chi connectivity index (χ4v) is 2.41. The first-order valence-corrected chi connectivity index (χ1v) is 7.24. The lowest BCUT2D eigenvalue weighted by atomic mass is 10.2. The van der Waals surface area contributed by atoms with Crippen molar-refractivity contribution in [2.75, 3.05) is 18.4 Å². The van der Waals surface area contributed by atoms with Crippen LogP contribution in [0.1, 0.15) is 5.56 Å². The van der Waals surface area contributed by atoms with Gasteiger partial charge in [-0.1, -0.05) is 23.5 Å². The Labute approximate surface area is 122 Å². The lowest BCUT2D eigenvalue weighted by molar-refractivity contribution is 0.744. The number of anilines is 1. The minimum atomic E-state index is 0.599. The molecule has 0 aromatic carbocycles. The molecule has 2 aromatic heterocycles. The average Bonchev–Trinajstić information content (AvgIpc) is 2.92. The fourth-order valence-electron chi connectivity index (χ4n) is 1.56. The predicted molar refractivity (Wildman–Crippen MR) is 84.2 cm³/mol. The van der Waals surface area contributed by atoms with Gasteiger partial charge in [0.25, 0.3) is 0 Å². The Morgan fingerprint density at radius 3 is 2.95 bits per heavy atom. The molecule has 0 atom stereocenters. The van der Waals surface area contributed by atoms with Crippen molar-refractivity contribution in [1.29, 1.82) is 0 Å². The first-order chi connectivity index (χ1) is 9.69. The second kappa shape index (κ2) is 7.02. The first kappa shape index (κ1) is 14.5. The summed E-state index contributed by atoms with van der Waals surface area (Å²) in [5.41, 5.74) is 7.69. The lowest BCUT2D eigenvalue weighted by Gasteiger charge is -1.97. The van der Waals surface area contributed by atoms with Crippen molar-refractivity contribution >= 4 is 16.5 Å². The number of rotatable bonds is 4. The normalized spacial score (nSPS) is 10.2. The van der Waals surface area contributed by atoms with Crippen LogP contribution >= 0.6 is 11.3 Å². The molecule has 0 bridgehead atoms. The van der Waals surface area contributed by atoms with Gasteiger partial charge in [0.05, 0.1) is 11.1 Å². The van der Waals surface area contributed by atoms with Crippen molar-refractivity contribution in [3.63, 3.8) is 0 Å². The van der Waals surface area contributed by atoms with Crippen molar-refractivity contribution in [2.24, 2.45) is 12.8 Å². The van der Waals surface area contributed by atoms with Crippen LogP contribution in [0, 0.1) is 6.92 Å². The van der Waals surface area contributed by atoms with Gasteiger partial charge in [-0.15, -0.1) is 0 Å². The molecule has 0 aliphatic carbocycles. The Morgan fingerprint density at radius 1 is 1.30 bits per heavy atom. The van der Waals surface area contributed by atoms with E-state index < -0.39 is 0 Å². The zero-order valence-corrected chi connectivity index (χ0v) is 12.5. The number of aryl methyl sites for hydroxylation is 2. The highest BCUT2D eigenvalue weighted by molar-refractivity contribution is 7.18. The highest BCUT2D eigenvalue weighted by Crippen LogP contribution is 2.27. The number of nitrogens with one attached hydrogen (secondary N) is 1. The minimum Gasteiger partial charge on any atom is -0.360 e. The average molecular weight is 289 g/mol. The molecule has 20 heavy (non-hydrogen) atoms. The van der Waals surface area contributed by atoms with Crippen molar-refractivity contribution in [1.82, 2.24) is 14.8 Å². The first-order valence-electron chi connectivity index (χ1n) is 6.43. The number of aromatic nitrogens is 3. The van der Waals surface area contributed by atoms with Gasteiger partial charge in [-0.2, -0.15) is 5.10 Å². The summed E-state index contributed by atoms with van der Waals surface area (Å²) in [5, 5.41) is 8.37. The largest absolute Gasteiger partial charge is 0.360 e. The van der Waals surface area contributed by atoms with Crippen molar-refractivity contribution in [3.8, 4) is 10.4 Å². The highest BCUT2D eigenvalue weighted by atomic mass is 32.1. The number of hydrogen-bond donors (Lipinski definition) is 2. The third-order valence-corrected chi connectivity index (χ3v) is 3.65. The second-order valence-corrected chi connectivity index (χ2v) is 5.44. The third kappa shape index (κ3) is 4.04. The van der Waals surface area contributed by atoms with Gasteiger partial charge in [-0.05, 0) is 24.1 Å². The quantitative estimate of drug-likeness (QED) is 0.906. The molecule has 3 N–H and O–H groups in total. The maximum atomic E-state index is 5.48. The van der Waals surface area contributed by atoms with Gasteiger partial charge in [0.15, 0.2) is 5.13 Å². The van der Waals surface area contributed by atoms with Crippen molar-refractivity contribution < 1.29 is 0 Å². The lowest BCUT2D eigenvalue weighted by Crippen LogP contribution is -2.12. The number of nitrogens with two attached hydrogens (primary N) is 1. The summed E-state index contributed by atoms with van der Waals surface area (Å²) >= 11 is 1.62. The van der Waals surface area contributed by atoms with Gasteiger partial charge < -0.3 is 11.1 Å². The van der Waals surface area contributed by atoms with Crippen LogP contribution in [0.15, 0.2) is 36.8 Å². The van der Waals surface area contributed by atoms with Crippen LogP contribution in [-0.2, 0) is 7.05 Å². The molecule has 5 nitrogen and oxygen atoms in total. The molecule has 0 unspecified atom stereocenters. The van der Waals surface area contributed by atoms with Crippen LogP contribution in [0.2, 0.25) is 0 Å². The van der Waals surface area contributed by atoms with Gasteiger partial charge in [0.1, 0.15) is 0 Å². The van der Waals surface area contributed by atoms with E-state index in [4.69, 9.17) is 5.73 Å². The fraction of sp³-hybridized carbons (Fsp3) is 0.286. The second-order valence-electron chi connectivity index (χ2n) is 4.41. The van der Waals surface area contributed by atoms with E-state index >= 15 is 0 Å². The van der Waals surface area contributed by atoms with Crippen LogP contribution in [0.25, 0.3) is 10.4 Å². The molecule has 106 valence electrons. The molecule has 2 heterocycles. The third-order valence-electron chi connectivity index (χ3n) is 2.65. The van der Waals surface area contributed by atoms with Gasteiger partial charge in [-0.25, -0.2) is 4.98 Å². The Hall–Kier alpha value is -1.92. The SMILES string of the molecule is Cc1ccc(-c2cnc(NCCN)s2)ccn(C)nc1. The van der Waals surface area contributed by atoms with Crippen LogP contribution < -0.4 is 11.1 Å². The Morgan fingerprint density at radius 2 is 2.15 bits per heavy atom. The summed E-state index contributed by atoms with van der Waals surface area (Å²) in [6.07, 6.45) is 5.65. The van der Waals surface area contributed by atoms with E-state index in [2.05, 4.69) is 27.5 Å². The molecule has 0 saturated carbocycles. The molecule has 0 spiro atoms. The smallest absolute Gasteiger partial charge is 0.183 e. The van der Waals surface area contributed by atoms with E-state index in [9.17, 15) is 0 Å². The zero-order valence-electron chi connectivity index (χ0n) is 11.7. The van der Waals surface area contributed by atoms with Gasteiger partial charge in [0.2, 0.25) is 0 Å². The van der Waals surface area contributed by atoms with E-state index in [1.165, 1.54) is 0 Å². The van der Waals surface area contributed by atoms with Gasteiger partial charge in [-0.3, -0.25) is 4.68 Å². The molecule has 6 heteroatoms. The van der Waals surface area contributed by atoms with Gasteiger partial charge >= 0.3 is 0 Å². The Bertz CT molecular complexity index is 586. The van der Waals surface area contributed by atoms with E-state index in [0.717, 1.165) is 27.7 Å². The van der Waals surface area contributed by atoms with Crippen LogP contribution in [0.4, 0.5) is 5.13 Å². The van der Waals surface area contributed by atoms with Crippen LogP contribution in [0.3, 0.4) is 0 Å². The molecular weight excluding hydrogens is 270 g/mol. The molecule has 2 aromatic rings. The molecule has 0 aliphatic heterocycles. The number of nitrogens with zero attached hydrogens (tertiary/aromatic N) is 3. The molecule has 0 amide bonds. The standard InChI is InChI=1S/C14H19N5S/c1-11-3-4-12(5-8-19(2)18-9-11)13-10-17-14(20-13)16-7-6-15/h3-5,8-10H,6-7,15H2,1-2H3,(H,16,17). The topological polar surface area (TPSA) is 68.8 Å². The molecule has 0 fully saturated rings. The van der Waals surface area contributed by atoms with Crippen molar-refractivity contribution in [2.45, 2.75) is 6.92 Å². The molecule has 0 radical (unpaired) electrons. The van der Waals surface area contributed by atoms with E-state index in [0.29, 0.717) is 6.54 Å². The van der Waals surface area contributed by atoms with Gasteiger partial charge in [0, 0.05) is 32.5 Å². The number of thiazole rings is 1. The molecule has 2 rings (SSSR count). The summed E-state index contributed by atoms with van der Waals surface area (Å²) < 4.78 is 1.78. The summed E-state index contributed by atoms with van der Waals surface area (Å²) in [4.78, 5) is 5.47. The summed E-state index contributed by atoms with van der Waals surface area (Å²) in [6, 6.07) is 6.17. The summed E-state index contributed by atoms with van der Waals surface area (Å²) in [6.45, 7) is 3.36. The summed E-state index contributed by atoms with van der Waals surface area (Å²) in [7, 11) is 1.91. The molecule has 0 saturated heterocycles. The van der Waals surface area contributed by atoms with E-state index in [1.54, 1.807) is 16.0 Å². The predicted octanol–water partition coefficient (Wildman–Crippen LogP) is 2.35. The maximum Gasteiger partial charge on any atom is 0.183 e. The zero-order chi connectivity index (χ0) is 14.4. The molecular formula is C14H19N5S. The monoisotopic (exact) mass is 289 g/mol.